The Morgan fingerprint density at radius 3 is 2.69 bits per heavy atom. The maximum Gasteiger partial charge on any atom is 0.229 e. The van der Waals surface area contributed by atoms with E-state index >= 15 is 0 Å². The first-order chi connectivity index (χ1) is 12.6. The number of pyridine rings is 1. The van der Waals surface area contributed by atoms with Gasteiger partial charge in [0, 0.05) is 30.4 Å². The number of fused-ring (bicyclic) bond motifs is 1. The van der Waals surface area contributed by atoms with Crippen LogP contribution >= 0.6 is 0 Å². The van der Waals surface area contributed by atoms with Crippen LogP contribution in [0.25, 0.3) is 16.7 Å². The van der Waals surface area contributed by atoms with Gasteiger partial charge in [0.1, 0.15) is 11.4 Å². The van der Waals surface area contributed by atoms with Crippen LogP contribution in [0.2, 0.25) is 0 Å². The molecule has 0 atom stereocenters. The number of aromatic amines is 1. The number of aromatic nitrogens is 6. The Balaban J connectivity index is 1.52. The highest BCUT2D eigenvalue weighted by atomic mass is 16.3. The molecule has 1 fully saturated rings. The van der Waals surface area contributed by atoms with Gasteiger partial charge in [-0.25, -0.2) is 0 Å². The zero-order chi connectivity index (χ0) is 17.7. The Morgan fingerprint density at radius 2 is 1.96 bits per heavy atom. The lowest BCUT2D eigenvalue weighted by Gasteiger charge is -2.45. The molecule has 4 N–H and O–H groups in total. The molecule has 0 saturated carbocycles. The first-order valence-electron chi connectivity index (χ1n) is 8.16. The Labute approximate surface area is 148 Å². The second kappa shape index (κ2) is 5.27. The van der Waals surface area contributed by atoms with Crippen LogP contribution in [-0.2, 0) is 5.60 Å². The lowest BCUT2D eigenvalue weighted by atomic mass is 9.88. The normalized spacial score (nSPS) is 16.0. The summed E-state index contributed by atoms with van der Waals surface area (Å²) in [5.41, 5.74) is 7.61. The fourth-order valence-corrected chi connectivity index (χ4v) is 3.29. The number of nitrogens with one attached hydrogen (secondary N) is 1. The van der Waals surface area contributed by atoms with E-state index < -0.39 is 5.60 Å². The van der Waals surface area contributed by atoms with Gasteiger partial charge in [0.15, 0.2) is 5.65 Å². The van der Waals surface area contributed by atoms with Crippen LogP contribution in [-0.4, -0.2) is 47.9 Å². The van der Waals surface area contributed by atoms with Gasteiger partial charge >= 0.3 is 0 Å². The van der Waals surface area contributed by atoms with Crippen molar-refractivity contribution in [1.29, 1.82) is 0 Å². The SMILES string of the molecule is Nc1nc(N2CC(O)(c3cn[nH]c3)C2)nc2c1ccn2-c1ccncc1. The Morgan fingerprint density at radius 1 is 1.15 bits per heavy atom. The summed E-state index contributed by atoms with van der Waals surface area (Å²) < 4.78 is 1.95. The van der Waals surface area contributed by atoms with Gasteiger partial charge in [-0.15, -0.1) is 0 Å². The van der Waals surface area contributed by atoms with Crippen molar-refractivity contribution in [3.8, 4) is 5.69 Å². The van der Waals surface area contributed by atoms with E-state index in [0.717, 1.165) is 22.3 Å². The first kappa shape index (κ1) is 14.8. The molecular weight excluding hydrogens is 332 g/mol. The van der Waals surface area contributed by atoms with Crippen LogP contribution in [0.1, 0.15) is 5.56 Å². The maximum atomic E-state index is 10.7. The molecule has 4 aromatic rings. The van der Waals surface area contributed by atoms with Gasteiger partial charge in [-0.05, 0) is 18.2 Å². The third-order valence-electron chi connectivity index (χ3n) is 4.73. The molecule has 1 aliphatic heterocycles. The minimum absolute atomic E-state index is 0.382. The van der Waals surface area contributed by atoms with Crippen molar-refractivity contribution >= 4 is 22.8 Å². The maximum absolute atomic E-state index is 10.7. The monoisotopic (exact) mass is 348 g/mol. The highest BCUT2D eigenvalue weighted by molar-refractivity contribution is 5.88. The summed E-state index contributed by atoms with van der Waals surface area (Å²) in [6.07, 6.45) is 8.70. The molecule has 1 aliphatic rings. The van der Waals surface area contributed by atoms with Gasteiger partial charge in [-0.2, -0.15) is 15.1 Å². The number of nitrogens with two attached hydrogens (primary N) is 1. The number of anilines is 2. The molecule has 0 aliphatic carbocycles. The highest BCUT2D eigenvalue weighted by Crippen LogP contribution is 2.35. The number of nitrogen functional groups attached to an aromatic ring is 1. The van der Waals surface area contributed by atoms with Crippen molar-refractivity contribution in [3.05, 3.63) is 54.7 Å². The zero-order valence-electron chi connectivity index (χ0n) is 13.7. The van der Waals surface area contributed by atoms with Crippen LogP contribution in [0.5, 0.6) is 0 Å². The predicted molar refractivity (Wildman–Crippen MR) is 95.8 cm³/mol. The van der Waals surface area contributed by atoms with Crippen molar-refractivity contribution in [2.24, 2.45) is 0 Å². The molecule has 0 amide bonds. The van der Waals surface area contributed by atoms with Gasteiger partial charge in [0.25, 0.3) is 0 Å². The Hall–Kier alpha value is -3.46. The number of β-amino-alcohol motifs (C(OH)–C–C–N with tert-alkyl or cyclic N) is 1. The molecule has 5 rings (SSSR count). The Kier molecular flexibility index (Phi) is 3.01. The smallest absolute Gasteiger partial charge is 0.229 e. The molecule has 1 saturated heterocycles. The van der Waals surface area contributed by atoms with Crippen molar-refractivity contribution in [2.45, 2.75) is 5.60 Å². The molecule has 0 spiro atoms. The van der Waals surface area contributed by atoms with Crippen molar-refractivity contribution in [2.75, 3.05) is 23.7 Å². The van der Waals surface area contributed by atoms with Gasteiger partial charge in [0.2, 0.25) is 5.95 Å². The summed E-state index contributed by atoms with van der Waals surface area (Å²) in [6.45, 7) is 0.765. The van der Waals surface area contributed by atoms with Gasteiger partial charge in [0.05, 0.1) is 30.4 Å². The Bertz CT molecular complexity index is 1070. The largest absolute Gasteiger partial charge is 0.383 e. The fraction of sp³-hybridized carbons (Fsp3) is 0.176. The van der Waals surface area contributed by atoms with E-state index in [-0.39, 0.29) is 0 Å². The lowest BCUT2D eigenvalue weighted by Crippen LogP contribution is -2.60. The molecule has 0 radical (unpaired) electrons. The van der Waals surface area contributed by atoms with E-state index in [0.29, 0.717) is 24.9 Å². The lowest BCUT2D eigenvalue weighted by molar-refractivity contribution is 0.00661. The average molecular weight is 348 g/mol. The third-order valence-corrected chi connectivity index (χ3v) is 4.73. The van der Waals surface area contributed by atoms with Gasteiger partial charge in [-0.1, -0.05) is 0 Å². The highest BCUT2D eigenvalue weighted by Gasteiger charge is 2.44. The van der Waals surface area contributed by atoms with Crippen LogP contribution in [0.4, 0.5) is 11.8 Å². The predicted octanol–water partition coefficient (Wildman–Crippen LogP) is 0.829. The van der Waals surface area contributed by atoms with Gasteiger partial charge in [-0.3, -0.25) is 10.1 Å². The number of H-pyrrole nitrogens is 1. The molecule has 0 bridgehead atoms. The summed E-state index contributed by atoms with van der Waals surface area (Å²) in [4.78, 5) is 15.0. The standard InChI is InChI=1S/C17H16N8O/c18-14-13-3-6-25(12-1-4-19-5-2-12)15(13)23-16(22-14)24-9-17(26,10-24)11-7-20-21-8-11/h1-8,26H,9-10H2,(H,20,21)(H2,18,22,23). The van der Waals surface area contributed by atoms with E-state index in [1.807, 2.05) is 33.9 Å². The summed E-state index contributed by atoms with van der Waals surface area (Å²) in [5, 5.41) is 18.1. The number of rotatable bonds is 3. The average Bonchev–Trinajstić information content (AvgIpc) is 3.30. The molecule has 9 heteroatoms. The molecule has 0 unspecified atom stereocenters. The van der Waals surface area contributed by atoms with E-state index in [1.54, 1.807) is 24.8 Å². The second-order valence-corrected chi connectivity index (χ2v) is 6.41. The molecule has 9 nitrogen and oxygen atoms in total. The minimum Gasteiger partial charge on any atom is -0.383 e. The summed E-state index contributed by atoms with van der Waals surface area (Å²) >= 11 is 0. The minimum atomic E-state index is -0.951. The number of aliphatic hydroxyl groups is 1. The third kappa shape index (κ3) is 2.14. The summed E-state index contributed by atoms with van der Waals surface area (Å²) in [5.74, 6) is 0.911. The topological polar surface area (TPSA) is 122 Å². The van der Waals surface area contributed by atoms with Crippen LogP contribution in [0, 0.1) is 0 Å². The van der Waals surface area contributed by atoms with Crippen molar-refractivity contribution in [1.82, 2.24) is 29.7 Å². The number of hydrogen-bond donors (Lipinski definition) is 3. The van der Waals surface area contributed by atoms with Crippen molar-refractivity contribution < 1.29 is 5.11 Å². The van der Waals surface area contributed by atoms with E-state index in [9.17, 15) is 5.11 Å². The number of hydrogen-bond acceptors (Lipinski definition) is 7. The number of nitrogens with zero attached hydrogens (tertiary/aromatic N) is 6. The molecule has 130 valence electrons. The molecule has 5 heterocycles. The zero-order valence-corrected chi connectivity index (χ0v) is 13.7. The fourth-order valence-electron chi connectivity index (χ4n) is 3.29. The molecule has 26 heavy (non-hydrogen) atoms. The van der Waals surface area contributed by atoms with E-state index in [4.69, 9.17) is 5.73 Å². The van der Waals surface area contributed by atoms with E-state index in [2.05, 4.69) is 25.1 Å². The molecular formula is C17H16N8O. The molecule has 0 aromatic carbocycles. The first-order valence-corrected chi connectivity index (χ1v) is 8.16. The quantitative estimate of drug-likeness (QED) is 0.501. The van der Waals surface area contributed by atoms with Crippen molar-refractivity contribution in [3.63, 3.8) is 0 Å². The van der Waals surface area contributed by atoms with Crippen LogP contribution in [0.3, 0.4) is 0 Å². The van der Waals surface area contributed by atoms with Crippen LogP contribution < -0.4 is 10.6 Å². The van der Waals surface area contributed by atoms with Gasteiger partial charge < -0.3 is 20.3 Å². The van der Waals surface area contributed by atoms with Crippen LogP contribution in [0.15, 0.2) is 49.2 Å². The summed E-state index contributed by atoms with van der Waals surface area (Å²) in [6, 6.07) is 5.70. The van der Waals surface area contributed by atoms with E-state index in [1.165, 1.54) is 0 Å². The molecule has 4 aromatic heterocycles. The second-order valence-electron chi connectivity index (χ2n) is 6.41. The summed E-state index contributed by atoms with van der Waals surface area (Å²) in [7, 11) is 0.